The first-order valence-corrected chi connectivity index (χ1v) is 4.19. The lowest BCUT2D eigenvalue weighted by atomic mass is 10.2. The van der Waals surface area contributed by atoms with E-state index in [0.717, 1.165) is 13.0 Å². The summed E-state index contributed by atoms with van der Waals surface area (Å²) in [6.45, 7) is 11.4. The number of nitrogens with zero attached hydrogens (tertiary/aromatic N) is 1. The van der Waals surface area contributed by atoms with Gasteiger partial charge in [0.15, 0.2) is 0 Å². The van der Waals surface area contributed by atoms with Gasteiger partial charge in [0.25, 0.3) is 0 Å². The Labute approximate surface area is 70.4 Å². The topological polar surface area (TPSA) is 3.24 Å². The van der Waals surface area contributed by atoms with Gasteiger partial charge in [-0.05, 0) is 26.3 Å². The van der Waals surface area contributed by atoms with Crippen molar-refractivity contribution in [2.45, 2.75) is 27.2 Å². The fourth-order valence-corrected chi connectivity index (χ4v) is 0.757. The minimum absolute atomic E-state index is 1.04. The molecule has 0 amide bonds. The molecular formula is C10H19N. The molecule has 0 radical (unpaired) electrons. The summed E-state index contributed by atoms with van der Waals surface area (Å²) in [6, 6.07) is 0. The summed E-state index contributed by atoms with van der Waals surface area (Å²) in [6.07, 6.45) is 3.18. The zero-order valence-electron chi connectivity index (χ0n) is 8.15. The summed E-state index contributed by atoms with van der Waals surface area (Å²) in [5, 5.41) is 0. The van der Waals surface area contributed by atoms with Gasteiger partial charge >= 0.3 is 0 Å². The van der Waals surface area contributed by atoms with E-state index in [0.29, 0.717) is 0 Å². The maximum Gasteiger partial charge on any atom is 0.0143 e. The first kappa shape index (κ1) is 10.3. The summed E-state index contributed by atoms with van der Waals surface area (Å²) in [4.78, 5) is 2.21. The monoisotopic (exact) mass is 153 g/mol. The third-order valence-electron chi connectivity index (χ3n) is 1.94. The van der Waals surface area contributed by atoms with Gasteiger partial charge in [-0.15, -0.1) is 0 Å². The number of allylic oxidation sites excluding steroid dienone is 3. The molecular weight excluding hydrogens is 134 g/mol. The standard InChI is InChI=1S/C10H19N/c1-6-9(3)8-10(4)11(5)7-2/h8H,3,6-7H2,1-2,4-5H3/b10-8-. The van der Waals surface area contributed by atoms with Crippen molar-refractivity contribution in [2.24, 2.45) is 0 Å². The van der Waals surface area contributed by atoms with E-state index in [2.05, 4.69) is 45.4 Å². The molecule has 0 aliphatic rings. The molecule has 0 aliphatic carbocycles. The highest BCUT2D eigenvalue weighted by Gasteiger charge is 1.94. The van der Waals surface area contributed by atoms with E-state index in [1.807, 2.05) is 0 Å². The molecule has 0 saturated carbocycles. The van der Waals surface area contributed by atoms with Crippen molar-refractivity contribution in [1.29, 1.82) is 0 Å². The lowest BCUT2D eigenvalue weighted by molar-refractivity contribution is 0.442. The maximum absolute atomic E-state index is 3.93. The van der Waals surface area contributed by atoms with Crippen LogP contribution in [0.2, 0.25) is 0 Å². The average molecular weight is 153 g/mol. The molecule has 0 aliphatic heterocycles. The molecule has 0 heterocycles. The molecule has 0 atom stereocenters. The Morgan fingerprint density at radius 3 is 2.36 bits per heavy atom. The van der Waals surface area contributed by atoms with Gasteiger partial charge in [0.2, 0.25) is 0 Å². The molecule has 0 bridgehead atoms. The van der Waals surface area contributed by atoms with Crippen molar-refractivity contribution in [1.82, 2.24) is 4.90 Å². The Morgan fingerprint density at radius 1 is 1.45 bits per heavy atom. The highest BCUT2D eigenvalue weighted by Crippen LogP contribution is 2.06. The van der Waals surface area contributed by atoms with Crippen molar-refractivity contribution in [2.75, 3.05) is 13.6 Å². The largest absolute Gasteiger partial charge is 0.378 e. The van der Waals surface area contributed by atoms with Crippen LogP contribution in [0.3, 0.4) is 0 Å². The fourth-order valence-electron chi connectivity index (χ4n) is 0.757. The van der Waals surface area contributed by atoms with E-state index in [1.165, 1.54) is 11.3 Å². The predicted molar refractivity (Wildman–Crippen MR) is 51.5 cm³/mol. The predicted octanol–water partition coefficient (Wildman–Crippen LogP) is 2.81. The van der Waals surface area contributed by atoms with Crippen molar-refractivity contribution in [3.63, 3.8) is 0 Å². The van der Waals surface area contributed by atoms with Crippen LogP contribution in [0, 0.1) is 0 Å². The quantitative estimate of drug-likeness (QED) is 0.561. The number of hydrogen-bond acceptors (Lipinski definition) is 1. The van der Waals surface area contributed by atoms with E-state index in [9.17, 15) is 0 Å². The molecule has 0 unspecified atom stereocenters. The summed E-state index contributed by atoms with van der Waals surface area (Å²) in [5.74, 6) is 0. The molecule has 0 rings (SSSR count). The van der Waals surface area contributed by atoms with Gasteiger partial charge in [0, 0.05) is 19.3 Å². The van der Waals surface area contributed by atoms with Crippen molar-refractivity contribution < 1.29 is 0 Å². The summed E-state index contributed by atoms with van der Waals surface area (Å²) >= 11 is 0. The van der Waals surface area contributed by atoms with E-state index in [4.69, 9.17) is 0 Å². The van der Waals surface area contributed by atoms with Crippen LogP contribution in [0.25, 0.3) is 0 Å². The van der Waals surface area contributed by atoms with Crippen LogP contribution in [-0.2, 0) is 0 Å². The summed E-state index contributed by atoms with van der Waals surface area (Å²) < 4.78 is 0. The van der Waals surface area contributed by atoms with E-state index < -0.39 is 0 Å². The molecule has 0 aromatic rings. The minimum atomic E-state index is 1.04. The van der Waals surface area contributed by atoms with Crippen LogP contribution in [-0.4, -0.2) is 18.5 Å². The molecule has 0 spiro atoms. The van der Waals surface area contributed by atoms with Crippen molar-refractivity contribution >= 4 is 0 Å². The third kappa shape index (κ3) is 3.87. The van der Waals surface area contributed by atoms with Crippen LogP contribution < -0.4 is 0 Å². The highest BCUT2D eigenvalue weighted by atomic mass is 15.1. The molecule has 64 valence electrons. The Kier molecular flexibility index (Phi) is 4.67. The summed E-state index contributed by atoms with van der Waals surface area (Å²) in [5.41, 5.74) is 2.49. The molecule has 1 nitrogen and oxygen atoms in total. The first-order chi connectivity index (χ1) is 5.11. The van der Waals surface area contributed by atoms with Gasteiger partial charge in [0.05, 0.1) is 0 Å². The average Bonchev–Trinajstić information content (AvgIpc) is 2.02. The normalized spacial score (nSPS) is 11.5. The zero-order chi connectivity index (χ0) is 8.85. The Morgan fingerprint density at radius 2 is 2.00 bits per heavy atom. The SMILES string of the molecule is C=C(/C=C(/C)N(C)CC)CC. The highest BCUT2D eigenvalue weighted by molar-refractivity contribution is 5.18. The van der Waals surface area contributed by atoms with E-state index in [1.54, 1.807) is 0 Å². The molecule has 0 fully saturated rings. The smallest absolute Gasteiger partial charge is 0.0143 e. The van der Waals surface area contributed by atoms with E-state index >= 15 is 0 Å². The van der Waals surface area contributed by atoms with Crippen LogP contribution in [0.15, 0.2) is 23.9 Å². The molecule has 0 N–H and O–H groups in total. The number of rotatable bonds is 4. The third-order valence-corrected chi connectivity index (χ3v) is 1.94. The van der Waals surface area contributed by atoms with Gasteiger partial charge in [-0.2, -0.15) is 0 Å². The second-order valence-corrected chi connectivity index (χ2v) is 2.81. The molecule has 11 heavy (non-hydrogen) atoms. The Balaban J connectivity index is 4.09. The minimum Gasteiger partial charge on any atom is -0.378 e. The van der Waals surface area contributed by atoms with Crippen LogP contribution in [0.4, 0.5) is 0 Å². The fraction of sp³-hybridized carbons (Fsp3) is 0.600. The lowest BCUT2D eigenvalue weighted by Crippen LogP contribution is -2.14. The first-order valence-electron chi connectivity index (χ1n) is 4.19. The Hall–Kier alpha value is -0.720. The van der Waals surface area contributed by atoms with Gasteiger partial charge in [-0.3, -0.25) is 0 Å². The van der Waals surface area contributed by atoms with Gasteiger partial charge in [-0.25, -0.2) is 0 Å². The van der Waals surface area contributed by atoms with Gasteiger partial charge in [-0.1, -0.05) is 19.1 Å². The van der Waals surface area contributed by atoms with Gasteiger partial charge in [0.1, 0.15) is 0 Å². The number of hydrogen-bond donors (Lipinski definition) is 0. The van der Waals surface area contributed by atoms with Crippen LogP contribution in [0.5, 0.6) is 0 Å². The maximum atomic E-state index is 3.93. The second-order valence-electron chi connectivity index (χ2n) is 2.81. The molecule has 0 aromatic carbocycles. The van der Waals surface area contributed by atoms with Crippen molar-refractivity contribution in [3.8, 4) is 0 Å². The van der Waals surface area contributed by atoms with Crippen molar-refractivity contribution in [3.05, 3.63) is 23.9 Å². The molecule has 1 heteroatoms. The Bertz CT molecular complexity index is 156. The second kappa shape index (κ2) is 5.00. The molecule has 0 aromatic heterocycles. The van der Waals surface area contributed by atoms with E-state index in [-0.39, 0.29) is 0 Å². The van der Waals surface area contributed by atoms with Crippen LogP contribution >= 0.6 is 0 Å². The lowest BCUT2D eigenvalue weighted by Gasteiger charge is -2.17. The van der Waals surface area contributed by atoms with Gasteiger partial charge < -0.3 is 4.90 Å². The van der Waals surface area contributed by atoms with Crippen LogP contribution in [0.1, 0.15) is 27.2 Å². The zero-order valence-corrected chi connectivity index (χ0v) is 8.15. The summed E-state index contributed by atoms with van der Waals surface area (Å²) in [7, 11) is 2.09. The molecule has 0 saturated heterocycles.